The van der Waals surface area contributed by atoms with E-state index < -0.39 is 11.7 Å². The van der Waals surface area contributed by atoms with Gasteiger partial charge in [0, 0.05) is 21.1 Å². The Bertz CT molecular complexity index is 841. The maximum absolute atomic E-state index is 13.7. The molecule has 0 spiro atoms. The van der Waals surface area contributed by atoms with Gasteiger partial charge < -0.3 is 9.73 Å². The van der Waals surface area contributed by atoms with Crippen LogP contribution < -0.4 is 5.32 Å². The summed E-state index contributed by atoms with van der Waals surface area (Å²) >= 11 is 3.34. The number of carbonyl (C=O) groups is 1. The van der Waals surface area contributed by atoms with E-state index in [4.69, 9.17) is 4.42 Å². The van der Waals surface area contributed by atoms with Gasteiger partial charge in [0.05, 0.1) is 0 Å². The maximum Gasteiger partial charge on any atom is 0.291 e. The van der Waals surface area contributed by atoms with E-state index in [0.717, 1.165) is 4.47 Å². The van der Waals surface area contributed by atoms with Gasteiger partial charge in [0.1, 0.15) is 0 Å². The third kappa shape index (κ3) is 2.56. The number of amides is 1. The van der Waals surface area contributed by atoms with Gasteiger partial charge >= 0.3 is 0 Å². The summed E-state index contributed by atoms with van der Waals surface area (Å²) < 4.78 is 19.9. The summed E-state index contributed by atoms with van der Waals surface area (Å²) in [5.74, 6) is -0.756. The molecular weight excluding hydrogens is 337 g/mol. The van der Waals surface area contributed by atoms with E-state index in [2.05, 4.69) is 21.2 Å². The van der Waals surface area contributed by atoms with Crippen LogP contribution in [0.2, 0.25) is 0 Å². The molecule has 5 heteroatoms. The Labute approximate surface area is 128 Å². The topological polar surface area (TPSA) is 42.2 Å². The van der Waals surface area contributed by atoms with Crippen molar-refractivity contribution in [2.75, 3.05) is 5.32 Å². The molecule has 0 saturated carbocycles. The molecule has 0 unspecified atom stereocenters. The molecule has 1 amide bonds. The number of rotatable bonds is 2. The second-order valence-corrected chi connectivity index (χ2v) is 5.55. The van der Waals surface area contributed by atoms with Crippen LogP contribution in [0.5, 0.6) is 0 Å². The molecule has 0 aliphatic carbocycles. The lowest BCUT2D eigenvalue weighted by atomic mass is 10.1. The van der Waals surface area contributed by atoms with Crippen molar-refractivity contribution in [1.82, 2.24) is 0 Å². The van der Waals surface area contributed by atoms with E-state index in [0.29, 0.717) is 16.6 Å². The van der Waals surface area contributed by atoms with Crippen molar-refractivity contribution in [3.05, 3.63) is 64.1 Å². The van der Waals surface area contributed by atoms with Crippen LogP contribution in [-0.2, 0) is 0 Å². The number of hydrogen-bond donors (Lipinski definition) is 1. The molecule has 0 radical (unpaired) electrons. The average molecular weight is 348 g/mol. The molecule has 3 aromatic rings. The number of aryl methyl sites for hydroxylation is 1. The number of para-hydroxylation sites is 1. The standard InChI is InChI=1S/C16H11BrFNO2/c1-9-12-6-3-7-13(18)15(12)21-14(9)16(20)19-11-5-2-4-10(17)8-11/h2-8H,1H3,(H,19,20). The van der Waals surface area contributed by atoms with E-state index in [1.165, 1.54) is 6.07 Å². The number of carbonyl (C=O) groups excluding carboxylic acids is 1. The highest BCUT2D eigenvalue weighted by atomic mass is 79.9. The minimum absolute atomic E-state index is 0.106. The van der Waals surface area contributed by atoms with Gasteiger partial charge in [-0.15, -0.1) is 0 Å². The molecular formula is C16H11BrFNO2. The number of nitrogens with one attached hydrogen (secondary N) is 1. The lowest BCUT2D eigenvalue weighted by Gasteiger charge is -2.04. The van der Waals surface area contributed by atoms with E-state index in [1.54, 1.807) is 31.2 Å². The van der Waals surface area contributed by atoms with Gasteiger partial charge in [0.15, 0.2) is 17.2 Å². The fraction of sp³-hybridized carbons (Fsp3) is 0.0625. The normalized spacial score (nSPS) is 10.8. The van der Waals surface area contributed by atoms with Gasteiger partial charge in [0.2, 0.25) is 0 Å². The molecule has 0 bridgehead atoms. The van der Waals surface area contributed by atoms with Crippen LogP contribution in [0.1, 0.15) is 16.1 Å². The molecule has 3 nitrogen and oxygen atoms in total. The zero-order valence-electron chi connectivity index (χ0n) is 11.1. The molecule has 1 aromatic heterocycles. The van der Waals surface area contributed by atoms with Gasteiger partial charge in [0.25, 0.3) is 5.91 Å². The number of benzene rings is 2. The quantitative estimate of drug-likeness (QED) is 0.716. The molecule has 2 aromatic carbocycles. The van der Waals surface area contributed by atoms with Crippen LogP contribution in [0.25, 0.3) is 11.0 Å². The summed E-state index contributed by atoms with van der Waals surface area (Å²) in [6, 6.07) is 11.8. The highest BCUT2D eigenvalue weighted by Gasteiger charge is 2.19. The van der Waals surface area contributed by atoms with Gasteiger partial charge in [-0.25, -0.2) is 4.39 Å². The first-order valence-corrected chi connectivity index (χ1v) is 7.10. The molecule has 1 heterocycles. The van der Waals surface area contributed by atoms with Crippen molar-refractivity contribution in [2.24, 2.45) is 0 Å². The molecule has 0 aliphatic heterocycles. The number of anilines is 1. The van der Waals surface area contributed by atoms with Crippen LogP contribution in [0.15, 0.2) is 51.4 Å². The van der Waals surface area contributed by atoms with Crippen LogP contribution in [0.4, 0.5) is 10.1 Å². The monoisotopic (exact) mass is 347 g/mol. The average Bonchev–Trinajstić information content (AvgIpc) is 2.78. The molecule has 0 atom stereocenters. The van der Waals surface area contributed by atoms with Crippen LogP contribution >= 0.6 is 15.9 Å². The zero-order chi connectivity index (χ0) is 15.0. The molecule has 0 saturated heterocycles. The Morgan fingerprint density at radius 1 is 1.24 bits per heavy atom. The molecule has 0 aliphatic rings. The molecule has 1 N–H and O–H groups in total. The minimum Gasteiger partial charge on any atom is -0.448 e. The number of furan rings is 1. The Hall–Kier alpha value is -2.14. The van der Waals surface area contributed by atoms with Crippen molar-refractivity contribution < 1.29 is 13.6 Å². The van der Waals surface area contributed by atoms with Crippen molar-refractivity contribution in [3.63, 3.8) is 0 Å². The summed E-state index contributed by atoms with van der Waals surface area (Å²) in [7, 11) is 0. The fourth-order valence-electron chi connectivity index (χ4n) is 2.18. The Kier molecular flexibility index (Phi) is 3.51. The summed E-state index contributed by atoms with van der Waals surface area (Å²) in [4.78, 5) is 12.3. The SMILES string of the molecule is Cc1c(C(=O)Nc2cccc(Br)c2)oc2c(F)cccc12. The van der Waals surface area contributed by atoms with E-state index in [-0.39, 0.29) is 11.3 Å². The van der Waals surface area contributed by atoms with Crippen LogP contribution in [0, 0.1) is 12.7 Å². The fourth-order valence-corrected chi connectivity index (χ4v) is 2.58. The van der Waals surface area contributed by atoms with Gasteiger partial charge in [-0.1, -0.05) is 34.1 Å². The molecule has 0 fully saturated rings. The Morgan fingerprint density at radius 3 is 2.71 bits per heavy atom. The lowest BCUT2D eigenvalue weighted by molar-refractivity contribution is 0.0997. The van der Waals surface area contributed by atoms with Crippen LogP contribution in [0.3, 0.4) is 0 Å². The highest BCUT2D eigenvalue weighted by Crippen LogP contribution is 2.28. The second kappa shape index (κ2) is 5.33. The molecule has 21 heavy (non-hydrogen) atoms. The first kappa shape index (κ1) is 13.8. The summed E-state index contributed by atoms with van der Waals surface area (Å²) in [6.07, 6.45) is 0. The first-order valence-electron chi connectivity index (χ1n) is 6.31. The van der Waals surface area contributed by atoms with Crippen molar-refractivity contribution in [3.8, 4) is 0 Å². The van der Waals surface area contributed by atoms with Crippen LogP contribution in [-0.4, -0.2) is 5.91 Å². The summed E-state index contributed by atoms with van der Waals surface area (Å²) in [5.41, 5.74) is 1.36. The summed E-state index contributed by atoms with van der Waals surface area (Å²) in [6.45, 7) is 1.74. The predicted octanol–water partition coefficient (Wildman–Crippen LogP) is 4.90. The Morgan fingerprint density at radius 2 is 2.00 bits per heavy atom. The number of halogens is 2. The first-order chi connectivity index (χ1) is 10.1. The third-order valence-corrected chi connectivity index (χ3v) is 3.70. The largest absolute Gasteiger partial charge is 0.448 e. The predicted molar refractivity (Wildman–Crippen MR) is 83.0 cm³/mol. The van der Waals surface area contributed by atoms with Gasteiger partial charge in [-0.2, -0.15) is 0 Å². The smallest absolute Gasteiger partial charge is 0.291 e. The molecule has 3 rings (SSSR count). The van der Waals surface area contributed by atoms with E-state index in [9.17, 15) is 9.18 Å². The third-order valence-electron chi connectivity index (χ3n) is 3.20. The van der Waals surface area contributed by atoms with E-state index in [1.807, 2.05) is 12.1 Å². The van der Waals surface area contributed by atoms with E-state index >= 15 is 0 Å². The van der Waals surface area contributed by atoms with Crippen molar-refractivity contribution in [2.45, 2.75) is 6.92 Å². The lowest BCUT2D eigenvalue weighted by Crippen LogP contribution is -2.11. The van der Waals surface area contributed by atoms with Crippen molar-refractivity contribution in [1.29, 1.82) is 0 Å². The summed E-state index contributed by atoms with van der Waals surface area (Å²) in [5, 5.41) is 3.34. The number of hydrogen-bond acceptors (Lipinski definition) is 2. The Balaban J connectivity index is 1.98. The number of fused-ring (bicyclic) bond motifs is 1. The van der Waals surface area contributed by atoms with Gasteiger partial charge in [-0.3, -0.25) is 4.79 Å². The maximum atomic E-state index is 13.7. The minimum atomic E-state index is -0.475. The highest BCUT2D eigenvalue weighted by molar-refractivity contribution is 9.10. The molecule has 106 valence electrons. The van der Waals surface area contributed by atoms with Crippen molar-refractivity contribution >= 4 is 38.5 Å². The second-order valence-electron chi connectivity index (χ2n) is 4.64. The zero-order valence-corrected chi connectivity index (χ0v) is 12.7. The van der Waals surface area contributed by atoms with Gasteiger partial charge in [-0.05, 0) is 31.2 Å².